The molecule has 0 radical (unpaired) electrons. The van der Waals surface area contributed by atoms with Crippen LogP contribution in [0.25, 0.3) is 0 Å². The largest absolute Gasteiger partial charge is 0.464 e. The number of hydrogen-bond acceptors (Lipinski definition) is 6. The van der Waals surface area contributed by atoms with E-state index in [-0.39, 0.29) is 43.6 Å². The first-order valence-corrected chi connectivity index (χ1v) is 9.39. The summed E-state index contributed by atoms with van der Waals surface area (Å²) in [6, 6.07) is 8.90. The van der Waals surface area contributed by atoms with Gasteiger partial charge in [0.15, 0.2) is 11.5 Å². The predicted molar refractivity (Wildman–Crippen MR) is 101 cm³/mol. The highest BCUT2D eigenvalue weighted by Crippen LogP contribution is 2.33. The first-order valence-electron chi connectivity index (χ1n) is 9.39. The summed E-state index contributed by atoms with van der Waals surface area (Å²) in [7, 11) is 1.52. The van der Waals surface area contributed by atoms with Gasteiger partial charge in [-0.05, 0) is 12.0 Å². The van der Waals surface area contributed by atoms with Gasteiger partial charge in [-0.2, -0.15) is 18.2 Å². The fraction of sp³-hybridized carbons (Fsp3) is 0.474. The van der Waals surface area contributed by atoms with E-state index in [1.165, 1.54) is 21.4 Å². The van der Waals surface area contributed by atoms with Gasteiger partial charge in [-0.25, -0.2) is 0 Å². The molecule has 0 bridgehead atoms. The van der Waals surface area contributed by atoms with Crippen molar-refractivity contribution in [2.24, 2.45) is 0 Å². The van der Waals surface area contributed by atoms with Gasteiger partial charge in [0.2, 0.25) is 6.35 Å². The molecule has 1 unspecified atom stereocenters. The number of halogens is 3. The minimum atomic E-state index is -4.39. The van der Waals surface area contributed by atoms with Crippen LogP contribution in [0.1, 0.15) is 28.9 Å². The number of fused-ring (bicyclic) bond motifs is 1. The van der Waals surface area contributed by atoms with Crippen LogP contribution in [0.2, 0.25) is 0 Å². The molecule has 11 heteroatoms. The van der Waals surface area contributed by atoms with E-state index in [0.29, 0.717) is 0 Å². The lowest BCUT2D eigenvalue weighted by Gasteiger charge is -2.38. The lowest BCUT2D eigenvalue weighted by atomic mass is 10.2. The average Bonchev–Trinajstić information content (AvgIpc) is 3.05. The van der Waals surface area contributed by atoms with Gasteiger partial charge in [0.25, 0.3) is 11.9 Å². The van der Waals surface area contributed by atoms with Crippen LogP contribution >= 0.6 is 0 Å². The Labute approximate surface area is 171 Å². The Morgan fingerprint density at radius 3 is 2.57 bits per heavy atom. The number of anilines is 1. The number of aromatic nitrogens is 2. The molecule has 1 aliphatic rings. The number of hydrogen-bond donors (Lipinski definition) is 2. The number of imidazole rings is 1. The second-order valence-electron chi connectivity index (χ2n) is 6.88. The number of benzene rings is 1. The lowest BCUT2D eigenvalue weighted by Crippen LogP contribution is -2.54. The second-order valence-corrected chi connectivity index (χ2v) is 6.88. The molecule has 0 aliphatic carbocycles. The van der Waals surface area contributed by atoms with Gasteiger partial charge in [0.1, 0.15) is 6.61 Å². The van der Waals surface area contributed by atoms with E-state index >= 15 is 0 Å². The average molecular weight is 428 g/mol. The Bertz CT molecular complexity index is 873. The zero-order valence-electron chi connectivity index (χ0n) is 16.3. The van der Waals surface area contributed by atoms with Gasteiger partial charge < -0.3 is 19.8 Å². The molecule has 2 heterocycles. The van der Waals surface area contributed by atoms with Crippen molar-refractivity contribution in [1.29, 1.82) is 0 Å². The molecule has 30 heavy (non-hydrogen) atoms. The minimum Gasteiger partial charge on any atom is -0.464 e. The van der Waals surface area contributed by atoms with E-state index in [9.17, 15) is 23.1 Å². The molecule has 1 aromatic carbocycles. The van der Waals surface area contributed by atoms with Crippen LogP contribution in [-0.2, 0) is 6.54 Å². The zero-order valence-corrected chi connectivity index (χ0v) is 16.3. The summed E-state index contributed by atoms with van der Waals surface area (Å²) >= 11 is 0. The molecule has 0 spiro atoms. The molecule has 0 saturated heterocycles. The number of ether oxygens (including phenoxy) is 1. The van der Waals surface area contributed by atoms with Crippen molar-refractivity contribution in [2.45, 2.75) is 31.9 Å². The molecule has 1 aliphatic heterocycles. The molecule has 8 nitrogen and oxygen atoms in total. The van der Waals surface area contributed by atoms with Crippen LogP contribution in [0.5, 0.6) is 6.01 Å². The molecule has 2 aromatic rings. The number of nitrogens with zero attached hydrogens (tertiary/aromatic N) is 4. The summed E-state index contributed by atoms with van der Waals surface area (Å²) in [6.45, 7) is -0.569. The normalized spacial score (nSPS) is 16.7. The third kappa shape index (κ3) is 4.68. The number of rotatable bonds is 8. The standard InChI is InChI=1S/C19H23F3N4O4/c1-24-15-14(16(28)25(18(24)29)9-5-10-27)26(12-13-6-3-2-4-7-13)17(23-15)30-11-8-19(20,21)22/h2-4,6-7,18,27,29H,5,8-12H2,1H3. The van der Waals surface area contributed by atoms with E-state index in [4.69, 9.17) is 9.84 Å². The van der Waals surface area contributed by atoms with Crippen molar-refractivity contribution in [3.05, 3.63) is 41.6 Å². The van der Waals surface area contributed by atoms with Gasteiger partial charge in [-0.1, -0.05) is 30.3 Å². The Balaban J connectivity index is 1.99. The molecular formula is C19H23F3N4O4. The quantitative estimate of drug-likeness (QED) is 0.667. The van der Waals surface area contributed by atoms with Crippen LogP contribution < -0.4 is 9.64 Å². The van der Waals surface area contributed by atoms with Crippen LogP contribution in [0.3, 0.4) is 0 Å². The monoisotopic (exact) mass is 428 g/mol. The third-order valence-corrected chi connectivity index (χ3v) is 4.69. The van der Waals surface area contributed by atoms with E-state index in [1.54, 1.807) is 24.3 Å². The predicted octanol–water partition coefficient (Wildman–Crippen LogP) is 1.81. The number of alkyl halides is 3. The third-order valence-electron chi connectivity index (χ3n) is 4.69. The summed E-state index contributed by atoms with van der Waals surface area (Å²) in [6.07, 6.45) is -6.61. The molecule has 1 atom stereocenters. The highest BCUT2D eigenvalue weighted by Gasteiger charge is 2.40. The summed E-state index contributed by atoms with van der Waals surface area (Å²) in [5.74, 6) is -0.427. The Morgan fingerprint density at radius 1 is 1.23 bits per heavy atom. The molecule has 0 saturated carbocycles. The van der Waals surface area contributed by atoms with Crippen LogP contribution in [0, 0.1) is 0 Å². The number of amides is 1. The number of aliphatic hydroxyl groups is 2. The van der Waals surface area contributed by atoms with Crippen molar-refractivity contribution in [3.63, 3.8) is 0 Å². The summed E-state index contributed by atoms with van der Waals surface area (Å²) < 4.78 is 44.4. The Hall–Kier alpha value is -2.79. The smallest absolute Gasteiger partial charge is 0.392 e. The summed E-state index contributed by atoms with van der Waals surface area (Å²) in [5, 5.41) is 19.5. The van der Waals surface area contributed by atoms with Gasteiger partial charge in [-0.15, -0.1) is 0 Å². The van der Waals surface area contributed by atoms with E-state index in [0.717, 1.165) is 5.56 Å². The lowest BCUT2D eigenvalue weighted by molar-refractivity contribution is -0.139. The minimum absolute atomic E-state index is 0.0983. The van der Waals surface area contributed by atoms with E-state index in [1.807, 2.05) is 6.07 Å². The van der Waals surface area contributed by atoms with Crippen molar-refractivity contribution in [3.8, 4) is 6.01 Å². The van der Waals surface area contributed by atoms with Crippen LogP contribution in [0.4, 0.5) is 19.0 Å². The van der Waals surface area contributed by atoms with Gasteiger partial charge in [0.05, 0.1) is 13.0 Å². The Morgan fingerprint density at radius 2 is 1.93 bits per heavy atom. The Kier molecular flexibility index (Phi) is 6.52. The van der Waals surface area contributed by atoms with Crippen molar-refractivity contribution < 1.29 is 32.9 Å². The number of carbonyl (C=O) groups is 1. The second kappa shape index (κ2) is 8.92. The fourth-order valence-corrected chi connectivity index (χ4v) is 3.18. The van der Waals surface area contributed by atoms with Crippen LogP contribution in [-0.4, -0.2) is 69.9 Å². The fourth-order valence-electron chi connectivity index (χ4n) is 3.18. The molecule has 1 aromatic heterocycles. The van der Waals surface area contributed by atoms with E-state index in [2.05, 4.69) is 4.98 Å². The topological polar surface area (TPSA) is 91.1 Å². The van der Waals surface area contributed by atoms with Crippen LogP contribution in [0.15, 0.2) is 30.3 Å². The molecule has 164 valence electrons. The first-order chi connectivity index (χ1) is 14.2. The van der Waals surface area contributed by atoms with Crippen molar-refractivity contribution >= 4 is 11.7 Å². The molecule has 2 N–H and O–H groups in total. The van der Waals surface area contributed by atoms with Gasteiger partial charge in [0, 0.05) is 20.2 Å². The maximum Gasteiger partial charge on any atom is 0.392 e. The highest BCUT2D eigenvalue weighted by molar-refractivity contribution is 5.99. The highest BCUT2D eigenvalue weighted by atomic mass is 19.4. The molecule has 0 fully saturated rings. The van der Waals surface area contributed by atoms with Gasteiger partial charge in [-0.3, -0.25) is 14.3 Å². The maximum absolute atomic E-state index is 13.1. The van der Waals surface area contributed by atoms with Crippen molar-refractivity contribution in [1.82, 2.24) is 14.5 Å². The molecule has 1 amide bonds. The summed E-state index contributed by atoms with van der Waals surface area (Å²) in [4.78, 5) is 19.8. The van der Waals surface area contributed by atoms with Crippen molar-refractivity contribution in [2.75, 3.05) is 31.7 Å². The zero-order chi connectivity index (χ0) is 21.9. The number of carbonyl (C=O) groups excluding carboxylic acids is 1. The molecule has 3 rings (SSSR count). The first kappa shape index (κ1) is 21.9. The maximum atomic E-state index is 13.1. The van der Waals surface area contributed by atoms with E-state index < -0.39 is 31.5 Å². The van der Waals surface area contributed by atoms with Gasteiger partial charge >= 0.3 is 6.18 Å². The summed E-state index contributed by atoms with van der Waals surface area (Å²) in [5.41, 5.74) is 0.897. The number of aliphatic hydroxyl groups excluding tert-OH is 2. The SMILES string of the molecule is CN1c2nc(OCCC(F)(F)F)n(Cc3ccccc3)c2C(=O)N(CCCO)C1O. The molecular weight excluding hydrogens is 405 g/mol.